The van der Waals surface area contributed by atoms with Crippen molar-refractivity contribution in [3.8, 4) is 0 Å². The summed E-state index contributed by atoms with van der Waals surface area (Å²) in [5.41, 5.74) is 2.22. The molecular formula is C18H27NO2. The summed E-state index contributed by atoms with van der Waals surface area (Å²) in [5, 5.41) is 3.40. The van der Waals surface area contributed by atoms with Crippen LogP contribution < -0.4 is 5.32 Å². The summed E-state index contributed by atoms with van der Waals surface area (Å²) < 4.78 is 5.28. The van der Waals surface area contributed by atoms with Crippen molar-refractivity contribution in [1.82, 2.24) is 0 Å². The maximum Gasteiger partial charge on any atom is 0.328 e. The van der Waals surface area contributed by atoms with Gasteiger partial charge >= 0.3 is 5.97 Å². The highest BCUT2D eigenvalue weighted by Gasteiger charge is 2.32. The SMILES string of the molecule is CCOC(=O)C(Nc1ccc(C)cc1)C1CCC(C)CC1. The molecule has 0 spiro atoms. The van der Waals surface area contributed by atoms with Crippen LogP contribution in [-0.4, -0.2) is 18.6 Å². The van der Waals surface area contributed by atoms with Crippen molar-refractivity contribution in [2.45, 2.75) is 52.5 Å². The summed E-state index contributed by atoms with van der Waals surface area (Å²) in [6.07, 6.45) is 4.61. The number of hydrogen-bond donors (Lipinski definition) is 1. The molecule has 21 heavy (non-hydrogen) atoms. The van der Waals surface area contributed by atoms with E-state index in [0.717, 1.165) is 24.4 Å². The molecule has 3 heteroatoms. The van der Waals surface area contributed by atoms with Gasteiger partial charge in [0.2, 0.25) is 0 Å². The van der Waals surface area contributed by atoms with Crippen LogP contribution in [0.2, 0.25) is 0 Å². The van der Waals surface area contributed by atoms with Crippen molar-refractivity contribution in [3.05, 3.63) is 29.8 Å². The van der Waals surface area contributed by atoms with Gasteiger partial charge in [-0.1, -0.05) is 37.5 Å². The largest absolute Gasteiger partial charge is 0.464 e. The van der Waals surface area contributed by atoms with Crippen LogP contribution in [0.1, 0.15) is 45.1 Å². The Balaban J connectivity index is 2.08. The number of esters is 1. The highest BCUT2D eigenvalue weighted by atomic mass is 16.5. The van der Waals surface area contributed by atoms with Crippen molar-refractivity contribution >= 4 is 11.7 Å². The minimum absolute atomic E-state index is 0.113. The van der Waals surface area contributed by atoms with Crippen LogP contribution >= 0.6 is 0 Å². The van der Waals surface area contributed by atoms with E-state index in [1.165, 1.54) is 18.4 Å². The van der Waals surface area contributed by atoms with E-state index in [4.69, 9.17) is 4.74 Å². The lowest BCUT2D eigenvalue weighted by molar-refractivity contribution is -0.145. The van der Waals surface area contributed by atoms with Crippen LogP contribution in [0.4, 0.5) is 5.69 Å². The van der Waals surface area contributed by atoms with Gasteiger partial charge in [0.05, 0.1) is 6.61 Å². The van der Waals surface area contributed by atoms with Crippen LogP contribution in [0.5, 0.6) is 0 Å². The van der Waals surface area contributed by atoms with Crippen molar-refractivity contribution in [2.24, 2.45) is 11.8 Å². The maximum absolute atomic E-state index is 12.3. The normalized spacial score (nSPS) is 23.4. The molecule has 0 aliphatic heterocycles. The zero-order valence-corrected chi connectivity index (χ0v) is 13.4. The minimum Gasteiger partial charge on any atom is -0.464 e. The summed E-state index contributed by atoms with van der Waals surface area (Å²) in [6, 6.07) is 7.97. The number of hydrogen-bond acceptors (Lipinski definition) is 3. The smallest absolute Gasteiger partial charge is 0.328 e. The van der Waals surface area contributed by atoms with E-state index in [9.17, 15) is 4.79 Å². The number of rotatable bonds is 5. The Morgan fingerprint density at radius 2 is 1.86 bits per heavy atom. The van der Waals surface area contributed by atoms with Crippen LogP contribution in [0.25, 0.3) is 0 Å². The fraction of sp³-hybridized carbons (Fsp3) is 0.611. The van der Waals surface area contributed by atoms with E-state index in [2.05, 4.69) is 31.3 Å². The number of benzene rings is 1. The molecule has 1 unspecified atom stereocenters. The summed E-state index contributed by atoms with van der Waals surface area (Å²) in [4.78, 5) is 12.3. The Morgan fingerprint density at radius 3 is 2.43 bits per heavy atom. The van der Waals surface area contributed by atoms with Gasteiger partial charge in [-0.3, -0.25) is 0 Å². The molecule has 1 aromatic carbocycles. The zero-order chi connectivity index (χ0) is 15.2. The zero-order valence-electron chi connectivity index (χ0n) is 13.4. The van der Waals surface area contributed by atoms with Crippen LogP contribution in [0.3, 0.4) is 0 Å². The van der Waals surface area contributed by atoms with Gasteiger partial charge in [0, 0.05) is 5.69 Å². The molecule has 1 saturated carbocycles. The third-order valence-electron chi connectivity index (χ3n) is 4.45. The summed E-state index contributed by atoms with van der Waals surface area (Å²) >= 11 is 0. The molecule has 1 aromatic rings. The van der Waals surface area contributed by atoms with Crippen molar-refractivity contribution in [1.29, 1.82) is 0 Å². The number of nitrogens with one attached hydrogen (secondary N) is 1. The number of ether oxygens (including phenoxy) is 1. The second kappa shape index (κ2) is 7.48. The Morgan fingerprint density at radius 1 is 1.24 bits per heavy atom. The molecule has 1 aliphatic carbocycles. The van der Waals surface area contributed by atoms with E-state index < -0.39 is 0 Å². The van der Waals surface area contributed by atoms with Gasteiger partial charge in [-0.05, 0) is 50.7 Å². The number of aryl methyl sites for hydroxylation is 1. The molecule has 1 atom stereocenters. The highest BCUT2D eigenvalue weighted by molar-refractivity contribution is 5.79. The standard InChI is InChI=1S/C18H27NO2/c1-4-21-18(20)17(15-9-5-13(2)6-10-15)19-16-11-7-14(3)8-12-16/h7-8,11-13,15,17,19H,4-6,9-10H2,1-3H3. The van der Waals surface area contributed by atoms with Crippen molar-refractivity contribution in [3.63, 3.8) is 0 Å². The second-order valence-electron chi connectivity index (χ2n) is 6.26. The van der Waals surface area contributed by atoms with E-state index in [0.29, 0.717) is 12.5 Å². The lowest BCUT2D eigenvalue weighted by atomic mass is 9.79. The van der Waals surface area contributed by atoms with Gasteiger partial charge in [-0.15, -0.1) is 0 Å². The number of carbonyl (C=O) groups is 1. The van der Waals surface area contributed by atoms with E-state index >= 15 is 0 Å². The quantitative estimate of drug-likeness (QED) is 0.827. The van der Waals surface area contributed by atoms with E-state index in [1.54, 1.807) is 0 Å². The highest BCUT2D eigenvalue weighted by Crippen LogP contribution is 2.32. The first-order valence-electron chi connectivity index (χ1n) is 8.10. The first-order valence-corrected chi connectivity index (χ1v) is 8.10. The summed E-state index contributed by atoms with van der Waals surface area (Å²) in [5.74, 6) is 1.04. The van der Waals surface area contributed by atoms with Gasteiger partial charge in [-0.2, -0.15) is 0 Å². The third kappa shape index (κ3) is 4.48. The molecule has 1 aliphatic rings. The Kier molecular flexibility index (Phi) is 5.66. The molecule has 0 bridgehead atoms. The molecule has 2 rings (SSSR count). The van der Waals surface area contributed by atoms with Crippen molar-refractivity contribution in [2.75, 3.05) is 11.9 Å². The molecule has 0 heterocycles. The number of anilines is 1. The average Bonchev–Trinajstić information content (AvgIpc) is 2.48. The van der Waals surface area contributed by atoms with Crippen LogP contribution in [-0.2, 0) is 9.53 Å². The Labute approximate surface area is 128 Å². The minimum atomic E-state index is -0.222. The van der Waals surface area contributed by atoms with E-state index in [-0.39, 0.29) is 12.0 Å². The molecule has 116 valence electrons. The monoisotopic (exact) mass is 289 g/mol. The molecule has 1 fully saturated rings. The molecule has 0 radical (unpaired) electrons. The third-order valence-corrected chi connectivity index (χ3v) is 4.45. The van der Waals surface area contributed by atoms with Crippen LogP contribution in [0, 0.1) is 18.8 Å². The van der Waals surface area contributed by atoms with Crippen molar-refractivity contribution < 1.29 is 9.53 Å². The first kappa shape index (κ1) is 15.9. The second-order valence-corrected chi connectivity index (χ2v) is 6.26. The van der Waals surface area contributed by atoms with Crippen LogP contribution in [0.15, 0.2) is 24.3 Å². The topological polar surface area (TPSA) is 38.3 Å². The number of carbonyl (C=O) groups excluding carboxylic acids is 1. The fourth-order valence-electron chi connectivity index (χ4n) is 3.05. The molecular weight excluding hydrogens is 262 g/mol. The molecule has 0 amide bonds. The predicted molar refractivity (Wildman–Crippen MR) is 86.3 cm³/mol. The molecule has 0 saturated heterocycles. The predicted octanol–water partition coefficient (Wildman–Crippen LogP) is 4.16. The first-order chi connectivity index (χ1) is 10.1. The van der Waals surface area contributed by atoms with E-state index in [1.807, 2.05) is 19.1 Å². The van der Waals surface area contributed by atoms with Gasteiger partial charge in [0.25, 0.3) is 0 Å². The lowest BCUT2D eigenvalue weighted by Gasteiger charge is -2.32. The maximum atomic E-state index is 12.3. The van der Waals surface area contributed by atoms with Gasteiger partial charge < -0.3 is 10.1 Å². The summed E-state index contributed by atoms with van der Waals surface area (Å²) in [7, 11) is 0. The van der Waals surface area contributed by atoms with Gasteiger partial charge in [-0.25, -0.2) is 4.79 Å². The lowest BCUT2D eigenvalue weighted by Crippen LogP contribution is -2.40. The average molecular weight is 289 g/mol. The molecule has 1 N–H and O–H groups in total. The van der Waals surface area contributed by atoms with Gasteiger partial charge in [0.1, 0.15) is 6.04 Å². The van der Waals surface area contributed by atoms with Gasteiger partial charge in [0.15, 0.2) is 0 Å². The molecule has 0 aromatic heterocycles. The molecule has 3 nitrogen and oxygen atoms in total. The summed E-state index contributed by atoms with van der Waals surface area (Å²) in [6.45, 7) is 6.66. The fourth-order valence-corrected chi connectivity index (χ4v) is 3.05. The Bertz CT molecular complexity index is 447. The Hall–Kier alpha value is -1.51.